The number of nitrogens with two attached hydrogens (primary N) is 1. The highest BCUT2D eigenvalue weighted by Gasteiger charge is 2.25. The van der Waals surface area contributed by atoms with Crippen molar-refractivity contribution in [3.8, 4) is 5.75 Å². The first-order valence-corrected chi connectivity index (χ1v) is 7.06. The smallest absolute Gasteiger partial charge is 0.220 e. The lowest BCUT2D eigenvalue weighted by molar-refractivity contribution is -0.122. The molecule has 0 bridgehead atoms. The molecule has 0 unspecified atom stereocenters. The van der Waals surface area contributed by atoms with E-state index >= 15 is 0 Å². The Morgan fingerprint density at radius 1 is 1.40 bits per heavy atom. The van der Waals surface area contributed by atoms with Crippen LogP contribution in [0.2, 0.25) is 0 Å². The molecule has 3 N–H and O–H groups in total. The Bertz CT molecular complexity index is 453. The summed E-state index contributed by atoms with van der Waals surface area (Å²) in [4.78, 5) is 11.7. The molecule has 2 atom stereocenters. The maximum Gasteiger partial charge on any atom is 0.220 e. The van der Waals surface area contributed by atoms with Gasteiger partial charge in [-0.05, 0) is 30.9 Å². The summed E-state index contributed by atoms with van der Waals surface area (Å²) in [6.45, 7) is 0.624. The Morgan fingerprint density at radius 2 is 2.20 bits per heavy atom. The van der Waals surface area contributed by atoms with Gasteiger partial charge < -0.3 is 15.8 Å². The molecular weight excluding hydrogens is 259 g/mol. The number of amides is 1. The van der Waals surface area contributed by atoms with Crippen molar-refractivity contribution in [3.05, 3.63) is 30.1 Å². The summed E-state index contributed by atoms with van der Waals surface area (Å²) in [5, 5.41) is 2.78. The standard InChI is InChI=1S/C15H21FN2O2/c16-12-5-1-2-7-14(12)20-9-8-18-15(19)10-11-4-3-6-13(11)17/h1-2,5,7,11,13H,3-4,6,8-10,17H2,(H,18,19)/t11-,13+/m0/s1. The van der Waals surface area contributed by atoms with Crippen LogP contribution in [0.25, 0.3) is 0 Å². The molecule has 0 aliphatic heterocycles. The van der Waals surface area contributed by atoms with Crippen LogP contribution in [-0.4, -0.2) is 25.1 Å². The molecule has 0 radical (unpaired) electrons. The van der Waals surface area contributed by atoms with E-state index in [1.165, 1.54) is 6.07 Å². The van der Waals surface area contributed by atoms with Crippen molar-refractivity contribution in [1.82, 2.24) is 5.32 Å². The molecular formula is C15H21FN2O2. The first-order chi connectivity index (χ1) is 9.66. The molecule has 110 valence electrons. The highest BCUT2D eigenvalue weighted by molar-refractivity contribution is 5.76. The van der Waals surface area contributed by atoms with Crippen LogP contribution < -0.4 is 15.8 Å². The monoisotopic (exact) mass is 280 g/mol. The molecule has 1 aromatic rings. The summed E-state index contributed by atoms with van der Waals surface area (Å²) in [6, 6.07) is 6.37. The number of carbonyl (C=O) groups is 1. The summed E-state index contributed by atoms with van der Waals surface area (Å²) < 4.78 is 18.5. The van der Waals surface area contributed by atoms with Crippen LogP contribution >= 0.6 is 0 Å². The van der Waals surface area contributed by atoms with Crippen LogP contribution in [0.1, 0.15) is 25.7 Å². The van der Waals surface area contributed by atoms with E-state index in [9.17, 15) is 9.18 Å². The number of ether oxygens (including phenoxy) is 1. The second kappa shape index (κ2) is 7.24. The van der Waals surface area contributed by atoms with E-state index in [0.29, 0.717) is 18.9 Å². The van der Waals surface area contributed by atoms with E-state index in [4.69, 9.17) is 10.5 Å². The molecule has 1 saturated carbocycles. The lowest BCUT2D eigenvalue weighted by Gasteiger charge is -2.14. The minimum atomic E-state index is -0.393. The van der Waals surface area contributed by atoms with E-state index in [1.807, 2.05) is 0 Å². The third kappa shape index (κ3) is 4.20. The summed E-state index contributed by atoms with van der Waals surface area (Å²) >= 11 is 0. The Morgan fingerprint density at radius 3 is 2.90 bits per heavy atom. The molecule has 1 amide bonds. The van der Waals surface area contributed by atoms with Gasteiger partial charge in [0.25, 0.3) is 0 Å². The topological polar surface area (TPSA) is 64.4 Å². The van der Waals surface area contributed by atoms with E-state index in [0.717, 1.165) is 19.3 Å². The molecule has 1 fully saturated rings. The molecule has 5 heteroatoms. The van der Waals surface area contributed by atoms with Crippen molar-refractivity contribution >= 4 is 5.91 Å². The summed E-state index contributed by atoms with van der Waals surface area (Å²) in [5.41, 5.74) is 5.93. The molecule has 0 aromatic heterocycles. The molecule has 0 heterocycles. The van der Waals surface area contributed by atoms with Crippen LogP contribution in [0.4, 0.5) is 4.39 Å². The van der Waals surface area contributed by atoms with Gasteiger partial charge in [-0.3, -0.25) is 4.79 Å². The normalized spacial score (nSPS) is 21.7. The van der Waals surface area contributed by atoms with Crippen LogP contribution in [-0.2, 0) is 4.79 Å². The Balaban J connectivity index is 1.63. The van der Waals surface area contributed by atoms with Gasteiger partial charge in [-0.25, -0.2) is 4.39 Å². The zero-order valence-corrected chi connectivity index (χ0v) is 11.5. The second-order valence-electron chi connectivity index (χ2n) is 5.19. The summed E-state index contributed by atoms with van der Waals surface area (Å²) in [7, 11) is 0. The number of nitrogens with one attached hydrogen (secondary N) is 1. The number of halogens is 1. The quantitative estimate of drug-likeness (QED) is 0.781. The minimum absolute atomic E-state index is 0.00974. The van der Waals surface area contributed by atoms with Gasteiger partial charge in [0.1, 0.15) is 6.61 Å². The van der Waals surface area contributed by atoms with E-state index in [2.05, 4.69) is 5.32 Å². The molecule has 1 aromatic carbocycles. The number of carbonyl (C=O) groups excluding carboxylic acids is 1. The molecule has 2 rings (SSSR count). The summed E-state index contributed by atoms with van der Waals surface area (Å²) in [5.74, 6) is 0.0993. The van der Waals surface area contributed by atoms with E-state index < -0.39 is 5.82 Å². The van der Waals surface area contributed by atoms with Gasteiger partial charge in [0, 0.05) is 12.5 Å². The predicted octanol–water partition coefficient (Wildman–Crippen LogP) is 1.84. The van der Waals surface area contributed by atoms with Gasteiger partial charge in [-0.15, -0.1) is 0 Å². The maximum atomic E-state index is 13.3. The lowest BCUT2D eigenvalue weighted by atomic mass is 10.00. The van der Waals surface area contributed by atoms with Crippen molar-refractivity contribution in [2.24, 2.45) is 11.7 Å². The van der Waals surface area contributed by atoms with Crippen molar-refractivity contribution in [3.63, 3.8) is 0 Å². The molecule has 1 aliphatic carbocycles. The number of rotatable bonds is 6. The first kappa shape index (κ1) is 14.8. The van der Waals surface area contributed by atoms with Gasteiger partial charge >= 0.3 is 0 Å². The van der Waals surface area contributed by atoms with Crippen molar-refractivity contribution in [2.75, 3.05) is 13.2 Å². The van der Waals surface area contributed by atoms with Crippen LogP contribution in [0, 0.1) is 11.7 Å². The van der Waals surface area contributed by atoms with E-state index in [-0.39, 0.29) is 24.3 Å². The lowest BCUT2D eigenvalue weighted by Crippen LogP contribution is -2.33. The van der Waals surface area contributed by atoms with Gasteiger partial charge in [-0.1, -0.05) is 18.6 Å². The SMILES string of the molecule is N[C@@H]1CCC[C@H]1CC(=O)NCCOc1ccccc1F. The third-order valence-corrected chi connectivity index (χ3v) is 3.68. The number of para-hydroxylation sites is 1. The van der Waals surface area contributed by atoms with Crippen LogP contribution in [0.15, 0.2) is 24.3 Å². The maximum absolute atomic E-state index is 13.3. The highest BCUT2D eigenvalue weighted by Crippen LogP contribution is 2.26. The molecule has 20 heavy (non-hydrogen) atoms. The van der Waals surface area contributed by atoms with Crippen LogP contribution in [0.3, 0.4) is 0 Å². The van der Waals surface area contributed by atoms with Crippen molar-refractivity contribution in [2.45, 2.75) is 31.7 Å². The molecule has 0 spiro atoms. The fourth-order valence-corrected chi connectivity index (χ4v) is 2.54. The fourth-order valence-electron chi connectivity index (χ4n) is 2.54. The molecule has 4 nitrogen and oxygen atoms in total. The van der Waals surface area contributed by atoms with Gasteiger partial charge in [-0.2, -0.15) is 0 Å². The van der Waals surface area contributed by atoms with Crippen molar-refractivity contribution in [1.29, 1.82) is 0 Å². The fraction of sp³-hybridized carbons (Fsp3) is 0.533. The largest absolute Gasteiger partial charge is 0.489 e. The number of hydrogen-bond donors (Lipinski definition) is 2. The molecule has 0 saturated heterocycles. The Hall–Kier alpha value is -1.62. The Kier molecular flexibility index (Phi) is 5.35. The van der Waals surface area contributed by atoms with E-state index in [1.54, 1.807) is 18.2 Å². The first-order valence-electron chi connectivity index (χ1n) is 7.06. The minimum Gasteiger partial charge on any atom is -0.489 e. The zero-order chi connectivity index (χ0) is 14.4. The van der Waals surface area contributed by atoms with Gasteiger partial charge in [0.2, 0.25) is 5.91 Å². The van der Waals surface area contributed by atoms with Gasteiger partial charge in [0.05, 0.1) is 6.54 Å². The second-order valence-corrected chi connectivity index (χ2v) is 5.19. The van der Waals surface area contributed by atoms with Gasteiger partial charge in [0.15, 0.2) is 11.6 Å². The number of benzene rings is 1. The Labute approximate surface area is 118 Å². The van der Waals surface area contributed by atoms with Crippen molar-refractivity contribution < 1.29 is 13.9 Å². The highest BCUT2D eigenvalue weighted by atomic mass is 19.1. The zero-order valence-electron chi connectivity index (χ0n) is 11.5. The number of hydrogen-bond acceptors (Lipinski definition) is 3. The predicted molar refractivity (Wildman–Crippen MR) is 74.8 cm³/mol. The molecule has 1 aliphatic rings. The summed E-state index contributed by atoms with van der Waals surface area (Å²) in [6.07, 6.45) is 3.62. The third-order valence-electron chi connectivity index (χ3n) is 3.68. The average molecular weight is 280 g/mol. The average Bonchev–Trinajstić information content (AvgIpc) is 2.82. The van der Waals surface area contributed by atoms with Crippen LogP contribution in [0.5, 0.6) is 5.75 Å².